The first-order valence-corrected chi connectivity index (χ1v) is 8.82. The van der Waals surface area contributed by atoms with Crippen molar-refractivity contribution in [1.82, 2.24) is 14.8 Å². The van der Waals surface area contributed by atoms with E-state index >= 15 is 0 Å². The summed E-state index contributed by atoms with van der Waals surface area (Å²) in [4.78, 5) is 14.8. The Bertz CT molecular complexity index is 628. The van der Waals surface area contributed by atoms with Gasteiger partial charge >= 0.3 is 0 Å². The van der Waals surface area contributed by atoms with Crippen molar-refractivity contribution in [2.45, 2.75) is 19.9 Å². The van der Waals surface area contributed by atoms with E-state index in [1.807, 2.05) is 6.07 Å². The van der Waals surface area contributed by atoms with Gasteiger partial charge in [-0.1, -0.05) is 6.92 Å². The van der Waals surface area contributed by atoms with Gasteiger partial charge in [0.05, 0.1) is 23.4 Å². The third-order valence-corrected chi connectivity index (χ3v) is 4.87. The monoisotopic (exact) mass is 321 g/mol. The molecule has 3 heterocycles. The minimum atomic E-state index is 0.0325. The molecule has 0 atom stereocenters. The molecule has 0 radical (unpaired) electrons. The number of fused-ring (bicyclic) bond motifs is 1. The van der Waals surface area contributed by atoms with Crippen LogP contribution in [0.15, 0.2) is 17.5 Å². The van der Waals surface area contributed by atoms with Crippen LogP contribution in [0.4, 0.5) is 0 Å². The van der Waals surface area contributed by atoms with Crippen molar-refractivity contribution in [3.63, 3.8) is 0 Å². The van der Waals surface area contributed by atoms with E-state index in [4.69, 9.17) is 4.74 Å². The van der Waals surface area contributed by atoms with Crippen molar-refractivity contribution < 1.29 is 9.53 Å². The Morgan fingerprint density at radius 1 is 1.36 bits per heavy atom. The third-order valence-electron chi connectivity index (χ3n) is 4.02. The Labute approximate surface area is 134 Å². The minimum absolute atomic E-state index is 0.0325. The average Bonchev–Trinajstić information content (AvgIpc) is 3.11. The number of hydrogen-bond acceptors (Lipinski definition) is 4. The number of ether oxygens (including phenoxy) is 1. The molecule has 6 heteroatoms. The van der Waals surface area contributed by atoms with Crippen LogP contribution in [0.3, 0.4) is 0 Å². The standard InChI is InChI=1S/C16H23N3O2S/c1-2-5-19-13-3-11-22-15(13)12-14(19)16(20)17-4-6-18-7-9-21-10-8-18/h3,11-12H,2,4-10H2,1H3,(H,17,20). The molecule has 0 spiro atoms. The second kappa shape index (κ2) is 7.26. The van der Waals surface area contributed by atoms with Crippen LogP contribution in [0.5, 0.6) is 0 Å². The Hall–Kier alpha value is -1.37. The van der Waals surface area contributed by atoms with Gasteiger partial charge in [-0.3, -0.25) is 9.69 Å². The Kier molecular flexibility index (Phi) is 5.12. The van der Waals surface area contributed by atoms with Crippen molar-refractivity contribution in [3.05, 3.63) is 23.2 Å². The molecule has 0 unspecified atom stereocenters. The maximum Gasteiger partial charge on any atom is 0.268 e. The smallest absolute Gasteiger partial charge is 0.268 e. The second-order valence-electron chi connectivity index (χ2n) is 5.56. The van der Waals surface area contributed by atoms with Gasteiger partial charge in [-0.05, 0) is 23.9 Å². The number of morpholine rings is 1. The number of thiophene rings is 1. The normalized spacial score (nSPS) is 16.2. The van der Waals surface area contributed by atoms with Gasteiger partial charge in [-0.2, -0.15) is 0 Å². The molecule has 1 N–H and O–H groups in total. The molecule has 1 saturated heterocycles. The van der Waals surface area contributed by atoms with Crippen LogP contribution >= 0.6 is 11.3 Å². The molecule has 3 rings (SSSR count). The molecule has 0 aliphatic carbocycles. The molecule has 1 aliphatic heterocycles. The van der Waals surface area contributed by atoms with Crippen LogP contribution < -0.4 is 5.32 Å². The van der Waals surface area contributed by atoms with E-state index < -0.39 is 0 Å². The van der Waals surface area contributed by atoms with Gasteiger partial charge in [0.1, 0.15) is 5.69 Å². The van der Waals surface area contributed by atoms with Gasteiger partial charge in [0.15, 0.2) is 0 Å². The molecule has 0 saturated carbocycles. The lowest BCUT2D eigenvalue weighted by Gasteiger charge is -2.26. The molecule has 0 aromatic carbocycles. The van der Waals surface area contributed by atoms with E-state index in [1.165, 1.54) is 10.2 Å². The summed E-state index contributed by atoms with van der Waals surface area (Å²) in [5.74, 6) is 0.0325. The predicted molar refractivity (Wildman–Crippen MR) is 89.7 cm³/mol. The Morgan fingerprint density at radius 2 is 2.18 bits per heavy atom. The lowest BCUT2D eigenvalue weighted by atomic mass is 10.3. The van der Waals surface area contributed by atoms with E-state index in [1.54, 1.807) is 11.3 Å². The molecule has 22 heavy (non-hydrogen) atoms. The Morgan fingerprint density at radius 3 is 2.95 bits per heavy atom. The number of amides is 1. The van der Waals surface area contributed by atoms with Crippen molar-refractivity contribution in [2.75, 3.05) is 39.4 Å². The van der Waals surface area contributed by atoms with Crippen molar-refractivity contribution in [2.24, 2.45) is 0 Å². The molecule has 2 aromatic rings. The predicted octanol–water partition coefficient (Wildman–Crippen LogP) is 2.17. The van der Waals surface area contributed by atoms with E-state index in [-0.39, 0.29) is 5.91 Å². The summed E-state index contributed by atoms with van der Waals surface area (Å²) in [6.07, 6.45) is 1.02. The largest absolute Gasteiger partial charge is 0.379 e. The Balaban J connectivity index is 1.61. The van der Waals surface area contributed by atoms with Gasteiger partial charge in [-0.25, -0.2) is 0 Å². The van der Waals surface area contributed by atoms with Gasteiger partial charge in [-0.15, -0.1) is 11.3 Å². The number of carbonyl (C=O) groups excluding carboxylic acids is 1. The molecule has 2 aromatic heterocycles. The van der Waals surface area contributed by atoms with Crippen LogP contribution in [0.25, 0.3) is 10.2 Å². The highest BCUT2D eigenvalue weighted by atomic mass is 32.1. The number of carbonyl (C=O) groups is 1. The zero-order valence-corrected chi connectivity index (χ0v) is 13.8. The lowest BCUT2D eigenvalue weighted by molar-refractivity contribution is 0.0383. The minimum Gasteiger partial charge on any atom is -0.379 e. The van der Waals surface area contributed by atoms with Crippen molar-refractivity contribution in [3.8, 4) is 0 Å². The quantitative estimate of drug-likeness (QED) is 0.887. The average molecular weight is 321 g/mol. The van der Waals surface area contributed by atoms with Gasteiger partial charge < -0.3 is 14.6 Å². The first-order chi connectivity index (χ1) is 10.8. The molecule has 0 bridgehead atoms. The fourth-order valence-electron chi connectivity index (χ4n) is 2.87. The number of nitrogens with one attached hydrogen (secondary N) is 1. The highest BCUT2D eigenvalue weighted by Crippen LogP contribution is 2.25. The summed E-state index contributed by atoms with van der Waals surface area (Å²) in [5.41, 5.74) is 1.95. The van der Waals surface area contributed by atoms with Crippen LogP contribution in [-0.4, -0.2) is 54.8 Å². The van der Waals surface area contributed by atoms with Crippen molar-refractivity contribution in [1.29, 1.82) is 0 Å². The molecule has 1 fully saturated rings. The first-order valence-electron chi connectivity index (χ1n) is 7.94. The maximum atomic E-state index is 12.5. The highest BCUT2D eigenvalue weighted by Gasteiger charge is 2.16. The summed E-state index contributed by atoms with van der Waals surface area (Å²) in [7, 11) is 0. The number of hydrogen-bond donors (Lipinski definition) is 1. The molecular formula is C16H23N3O2S. The number of aryl methyl sites for hydroxylation is 1. The van der Waals surface area contributed by atoms with Crippen LogP contribution in [0.1, 0.15) is 23.8 Å². The van der Waals surface area contributed by atoms with E-state index in [0.717, 1.165) is 51.5 Å². The lowest BCUT2D eigenvalue weighted by Crippen LogP contribution is -2.41. The van der Waals surface area contributed by atoms with Gasteiger partial charge in [0.25, 0.3) is 5.91 Å². The number of nitrogens with zero attached hydrogens (tertiary/aromatic N) is 2. The third kappa shape index (κ3) is 3.34. The zero-order chi connectivity index (χ0) is 15.4. The molecule has 1 amide bonds. The topological polar surface area (TPSA) is 46.5 Å². The first kappa shape index (κ1) is 15.5. The number of rotatable bonds is 6. The SMILES string of the molecule is CCCn1c(C(=O)NCCN2CCOCC2)cc2sccc21. The van der Waals surface area contributed by atoms with Crippen LogP contribution in [0, 0.1) is 0 Å². The summed E-state index contributed by atoms with van der Waals surface area (Å²) in [6.45, 7) is 8.09. The fourth-order valence-corrected chi connectivity index (χ4v) is 3.69. The van der Waals surface area contributed by atoms with E-state index in [0.29, 0.717) is 6.54 Å². The summed E-state index contributed by atoms with van der Waals surface area (Å²) < 4.78 is 8.65. The summed E-state index contributed by atoms with van der Waals surface area (Å²) in [5, 5.41) is 5.14. The highest BCUT2D eigenvalue weighted by molar-refractivity contribution is 7.17. The summed E-state index contributed by atoms with van der Waals surface area (Å²) >= 11 is 1.69. The van der Waals surface area contributed by atoms with Crippen LogP contribution in [-0.2, 0) is 11.3 Å². The van der Waals surface area contributed by atoms with Gasteiger partial charge in [0, 0.05) is 32.7 Å². The molecule has 120 valence electrons. The molecule has 5 nitrogen and oxygen atoms in total. The fraction of sp³-hybridized carbons (Fsp3) is 0.562. The van der Waals surface area contributed by atoms with Crippen LogP contribution in [0.2, 0.25) is 0 Å². The van der Waals surface area contributed by atoms with E-state index in [9.17, 15) is 4.79 Å². The maximum absolute atomic E-state index is 12.5. The van der Waals surface area contributed by atoms with Crippen molar-refractivity contribution >= 4 is 27.5 Å². The molecular weight excluding hydrogens is 298 g/mol. The number of aromatic nitrogens is 1. The van der Waals surface area contributed by atoms with E-state index in [2.05, 4.69) is 33.2 Å². The summed E-state index contributed by atoms with van der Waals surface area (Å²) in [6, 6.07) is 4.11. The molecule has 1 aliphatic rings. The van der Waals surface area contributed by atoms with Gasteiger partial charge in [0.2, 0.25) is 0 Å². The second-order valence-corrected chi connectivity index (χ2v) is 6.51. The zero-order valence-electron chi connectivity index (χ0n) is 13.0.